The van der Waals surface area contributed by atoms with Crippen LogP contribution in [0.4, 0.5) is 0 Å². The third-order valence-corrected chi connectivity index (χ3v) is 6.09. The molecule has 6 nitrogen and oxygen atoms in total. The van der Waals surface area contributed by atoms with Crippen molar-refractivity contribution in [3.8, 4) is 16.9 Å². The lowest BCUT2D eigenvalue weighted by Crippen LogP contribution is -2.12. The minimum atomic E-state index is -3.73. The standard InChI is InChI=1S/C20H18O6S/c1-13-5-3-4-6-17(13)27(23,24)12-15-7-8-16(14-9-10-26-11-14)19(25-2)18(15)20(21)22/h3-11H,12H2,1-2H3,(H,21,22). The molecule has 0 saturated carbocycles. The van der Waals surface area contributed by atoms with Crippen molar-refractivity contribution in [3.05, 3.63) is 71.7 Å². The molecule has 140 valence electrons. The topological polar surface area (TPSA) is 93.8 Å². The summed E-state index contributed by atoms with van der Waals surface area (Å²) in [5, 5.41) is 9.72. The molecule has 1 aromatic heterocycles. The van der Waals surface area contributed by atoms with Gasteiger partial charge in [-0.1, -0.05) is 30.3 Å². The van der Waals surface area contributed by atoms with E-state index in [1.54, 1.807) is 37.3 Å². The van der Waals surface area contributed by atoms with Crippen LogP contribution in [0.25, 0.3) is 11.1 Å². The molecular weight excluding hydrogens is 368 g/mol. The maximum atomic E-state index is 12.9. The second-order valence-corrected chi connectivity index (χ2v) is 7.98. The minimum Gasteiger partial charge on any atom is -0.495 e. The summed E-state index contributed by atoms with van der Waals surface area (Å²) >= 11 is 0. The van der Waals surface area contributed by atoms with Crippen molar-refractivity contribution < 1.29 is 27.5 Å². The van der Waals surface area contributed by atoms with Crippen LogP contribution in [0.2, 0.25) is 0 Å². The fourth-order valence-electron chi connectivity index (χ4n) is 3.02. The molecule has 0 bridgehead atoms. The van der Waals surface area contributed by atoms with Crippen LogP contribution in [0.1, 0.15) is 21.5 Å². The quantitative estimate of drug-likeness (QED) is 0.690. The van der Waals surface area contributed by atoms with E-state index in [-0.39, 0.29) is 21.8 Å². The monoisotopic (exact) mass is 386 g/mol. The van der Waals surface area contributed by atoms with E-state index in [0.717, 1.165) is 0 Å². The van der Waals surface area contributed by atoms with Gasteiger partial charge in [0.15, 0.2) is 9.84 Å². The van der Waals surface area contributed by atoms with Crippen LogP contribution in [0.3, 0.4) is 0 Å². The summed E-state index contributed by atoms with van der Waals surface area (Å²) in [6, 6.07) is 11.4. The Hall–Kier alpha value is -3.06. The Bertz CT molecular complexity index is 1080. The largest absolute Gasteiger partial charge is 0.495 e. The zero-order chi connectivity index (χ0) is 19.6. The summed E-state index contributed by atoms with van der Waals surface area (Å²) in [5.74, 6) is -1.60. The number of aromatic carboxylic acids is 1. The molecule has 0 amide bonds. The molecule has 0 spiro atoms. The molecular formula is C20H18O6S. The highest BCUT2D eigenvalue weighted by atomic mass is 32.2. The van der Waals surface area contributed by atoms with E-state index >= 15 is 0 Å². The van der Waals surface area contributed by atoms with Gasteiger partial charge in [0, 0.05) is 11.1 Å². The molecule has 0 unspecified atom stereocenters. The van der Waals surface area contributed by atoms with E-state index in [1.165, 1.54) is 31.8 Å². The van der Waals surface area contributed by atoms with Crippen molar-refractivity contribution >= 4 is 15.8 Å². The van der Waals surface area contributed by atoms with E-state index < -0.39 is 21.6 Å². The highest BCUT2D eigenvalue weighted by molar-refractivity contribution is 7.90. The van der Waals surface area contributed by atoms with Crippen molar-refractivity contribution in [1.29, 1.82) is 0 Å². The Labute approximate surface area is 156 Å². The van der Waals surface area contributed by atoms with Crippen LogP contribution in [-0.4, -0.2) is 26.6 Å². The van der Waals surface area contributed by atoms with Gasteiger partial charge in [-0.25, -0.2) is 13.2 Å². The smallest absolute Gasteiger partial charge is 0.339 e. The number of benzene rings is 2. The number of hydrogen-bond acceptors (Lipinski definition) is 5. The molecule has 3 aromatic rings. The van der Waals surface area contributed by atoms with E-state index in [4.69, 9.17) is 9.15 Å². The Kier molecular flexibility index (Phi) is 5.05. The normalized spacial score (nSPS) is 11.3. The van der Waals surface area contributed by atoms with Gasteiger partial charge in [-0.15, -0.1) is 0 Å². The maximum absolute atomic E-state index is 12.9. The highest BCUT2D eigenvalue weighted by Gasteiger charge is 2.26. The molecule has 0 aliphatic carbocycles. The van der Waals surface area contributed by atoms with Gasteiger partial charge in [-0.2, -0.15) is 0 Å². The second kappa shape index (κ2) is 7.28. The van der Waals surface area contributed by atoms with Crippen molar-refractivity contribution in [2.45, 2.75) is 17.6 Å². The lowest BCUT2D eigenvalue weighted by atomic mass is 9.99. The zero-order valence-corrected chi connectivity index (χ0v) is 15.6. The third kappa shape index (κ3) is 3.59. The van der Waals surface area contributed by atoms with Crippen LogP contribution in [0.15, 0.2) is 64.3 Å². The van der Waals surface area contributed by atoms with Crippen LogP contribution in [0.5, 0.6) is 5.75 Å². The van der Waals surface area contributed by atoms with Gasteiger partial charge in [-0.05, 0) is 30.2 Å². The summed E-state index contributed by atoms with van der Waals surface area (Å²) in [7, 11) is -2.38. The molecule has 1 heterocycles. The van der Waals surface area contributed by atoms with E-state index in [0.29, 0.717) is 16.7 Å². The van der Waals surface area contributed by atoms with Crippen LogP contribution in [-0.2, 0) is 15.6 Å². The van der Waals surface area contributed by atoms with Crippen LogP contribution < -0.4 is 4.74 Å². The molecule has 0 radical (unpaired) electrons. The number of furan rings is 1. The van der Waals surface area contributed by atoms with E-state index in [9.17, 15) is 18.3 Å². The molecule has 27 heavy (non-hydrogen) atoms. The summed E-state index contributed by atoms with van der Waals surface area (Å²) in [5.41, 5.74) is 1.75. The molecule has 2 aromatic carbocycles. The van der Waals surface area contributed by atoms with E-state index in [1.807, 2.05) is 0 Å². The summed E-state index contributed by atoms with van der Waals surface area (Å²) in [6.07, 6.45) is 2.93. The number of hydrogen-bond donors (Lipinski definition) is 1. The number of aryl methyl sites for hydroxylation is 1. The van der Waals surface area contributed by atoms with E-state index in [2.05, 4.69) is 0 Å². The van der Waals surface area contributed by atoms with Gasteiger partial charge < -0.3 is 14.3 Å². The first-order valence-corrected chi connectivity index (χ1v) is 9.74. The molecule has 3 rings (SSSR count). The Balaban J connectivity index is 2.14. The highest BCUT2D eigenvalue weighted by Crippen LogP contribution is 2.36. The number of carboxylic acid groups (broad SMARTS) is 1. The van der Waals surface area contributed by atoms with Gasteiger partial charge >= 0.3 is 5.97 Å². The average Bonchev–Trinajstić information content (AvgIpc) is 3.15. The number of rotatable bonds is 6. The van der Waals surface area contributed by atoms with Crippen molar-refractivity contribution in [2.75, 3.05) is 7.11 Å². The lowest BCUT2D eigenvalue weighted by Gasteiger charge is -2.15. The van der Waals surface area contributed by atoms with Crippen molar-refractivity contribution in [1.82, 2.24) is 0 Å². The number of carboxylic acids is 1. The SMILES string of the molecule is COc1c(-c2ccoc2)ccc(CS(=O)(=O)c2ccccc2C)c1C(=O)O. The molecule has 1 N–H and O–H groups in total. The first-order chi connectivity index (χ1) is 12.8. The molecule has 0 fully saturated rings. The predicted molar refractivity (Wildman–Crippen MR) is 99.7 cm³/mol. The second-order valence-electron chi connectivity index (χ2n) is 6.02. The van der Waals surface area contributed by atoms with Gasteiger partial charge in [0.2, 0.25) is 0 Å². The molecule has 0 saturated heterocycles. The first kappa shape index (κ1) is 18.7. The maximum Gasteiger partial charge on any atom is 0.339 e. The number of methoxy groups -OCH3 is 1. The number of ether oxygens (including phenoxy) is 1. The summed E-state index contributed by atoms with van der Waals surface area (Å²) < 4.78 is 36.1. The zero-order valence-electron chi connectivity index (χ0n) is 14.8. The fourth-order valence-corrected chi connectivity index (χ4v) is 4.67. The fraction of sp³-hybridized carbons (Fsp3) is 0.150. The Morgan fingerprint density at radius 3 is 2.48 bits per heavy atom. The molecule has 7 heteroatoms. The van der Waals surface area contributed by atoms with Crippen molar-refractivity contribution in [3.63, 3.8) is 0 Å². The predicted octanol–water partition coefficient (Wildman–Crippen LogP) is 3.94. The number of sulfone groups is 1. The Morgan fingerprint density at radius 1 is 1.15 bits per heavy atom. The van der Waals surface area contributed by atoms with Gasteiger partial charge in [-0.3, -0.25) is 0 Å². The van der Waals surface area contributed by atoms with Gasteiger partial charge in [0.25, 0.3) is 0 Å². The lowest BCUT2D eigenvalue weighted by molar-refractivity contribution is 0.0692. The minimum absolute atomic E-state index is 0.0985. The van der Waals surface area contributed by atoms with Gasteiger partial charge in [0.1, 0.15) is 11.3 Å². The number of carbonyl (C=O) groups is 1. The Morgan fingerprint density at radius 2 is 1.89 bits per heavy atom. The molecule has 0 atom stereocenters. The third-order valence-electron chi connectivity index (χ3n) is 4.27. The van der Waals surface area contributed by atoms with Crippen LogP contribution in [0, 0.1) is 6.92 Å². The van der Waals surface area contributed by atoms with Gasteiger partial charge in [0.05, 0.1) is 30.3 Å². The molecule has 0 aliphatic heterocycles. The van der Waals surface area contributed by atoms with Crippen molar-refractivity contribution in [2.24, 2.45) is 0 Å². The summed E-state index contributed by atoms with van der Waals surface area (Å²) in [4.78, 5) is 12.1. The van der Waals surface area contributed by atoms with Crippen LogP contribution >= 0.6 is 0 Å². The summed E-state index contributed by atoms with van der Waals surface area (Å²) in [6.45, 7) is 1.70. The molecule has 0 aliphatic rings. The first-order valence-electron chi connectivity index (χ1n) is 8.09. The average molecular weight is 386 g/mol.